The lowest BCUT2D eigenvalue weighted by atomic mass is 10.1. The van der Waals surface area contributed by atoms with E-state index in [1.54, 1.807) is 11.8 Å². The van der Waals surface area contributed by atoms with Gasteiger partial charge in [-0.05, 0) is 30.5 Å². The molecule has 0 bridgehead atoms. The minimum Gasteiger partial charge on any atom is -0.489 e. The number of benzene rings is 1. The average Bonchev–Trinajstić information content (AvgIpc) is 2.71. The number of amides is 1. The lowest BCUT2D eigenvalue weighted by Gasteiger charge is -2.26. The van der Waals surface area contributed by atoms with Gasteiger partial charge >= 0.3 is 0 Å². The molecule has 0 radical (unpaired) electrons. The van der Waals surface area contributed by atoms with Crippen molar-refractivity contribution >= 4 is 17.5 Å². The number of nitrogens with zero attached hydrogens (tertiary/aromatic N) is 1. The van der Waals surface area contributed by atoms with Crippen molar-refractivity contribution in [1.29, 1.82) is 0 Å². The van der Waals surface area contributed by atoms with Crippen molar-refractivity contribution < 1.29 is 14.3 Å². The van der Waals surface area contributed by atoms with Crippen LogP contribution in [0.1, 0.15) is 32.8 Å². The van der Waals surface area contributed by atoms with Gasteiger partial charge in [0.2, 0.25) is 5.91 Å². The van der Waals surface area contributed by atoms with Crippen molar-refractivity contribution in [2.75, 3.05) is 19.8 Å². The SMILES string of the molecule is CC(C)CN(Cc1cc(Cl)c2c(c1)OCCCO2)C(=O)[C@@H](C)N. The molecule has 5 nitrogen and oxygen atoms in total. The summed E-state index contributed by atoms with van der Waals surface area (Å²) < 4.78 is 11.3. The normalized spacial score (nSPS) is 15.2. The molecule has 23 heavy (non-hydrogen) atoms. The molecule has 1 heterocycles. The fraction of sp³-hybridized carbons (Fsp3) is 0.588. The second-order valence-corrected chi connectivity index (χ2v) is 6.76. The Bertz CT molecular complexity index is 561. The summed E-state index contributed by atoms with van der Waals surface area (Å²) >= 11 is 6.32. The number of carbonyl (C=O) groups excluding carboxylic acids is 1. The Balaban J connectivity index is 2.24. The highest BCUT2D eigenvalue weighted by molar-refractivity contribution is 6.32. The molecule has 0 aromatic heterocycles. The molecule has 0 saturated carbocycles. The fourth-order valence-corrected chi connectivity index (χ4v) is 2.84. The Labute approximate surface area is 142 Å². The van der Waals surface area contributed by atoms with E-state index in [0.717, 1.165) is 12.0 Å². The number of fused-ring (bicyclic) bond motifs is 1. The summed E-state index contributed by atoms with van der Waals surface area (Å²) in [5.41, 5.74) is 6.68. The highest BCUT2D eigenvalue weighted by atomic mass is 35.5. The molecule has 2 N–H and O–H groups in total. The standard InChI is InChI=1S/C17H25ClN2O3/c1-11(2)9-20(17(21)12(3)19)10-13-7-14(18)16-15(8-13)22-5-4-6-23-16/h7-8,11-12H,4-6,9-10,19H2,1-3H3/t12-/m1/s1. The van der Waals surface area contributed by atoms with Crippen molar-refractivity contribution in [3.63, 3.8) is 0 Å². The van der Waals surface area contributed by atoms with Crippen molar-refractivity contribution in [3.05, 3.63) is 22.7 Å². The summed E-state index contributed by atoms with van der Waals surface area (Å²) in [7, 11) is 0. The monoisotopic (exact) mass is 340 g/mol. The molecule has 1 aromatic carbocycles. The highest BCUT2D eigenvalue weighted by Gasteiger charge is 2.21. The van der Waals surface area contributed by atoms with Crippen LogP contribution in [0.5, 0.6) is 11.5 Å². The predicted molar refractivity (Wildman–Crippen MR) is 91.0 cm³/mol. The van der Waals surface area contributed by atoms with Crippen LogP contribution in [0.15, 0.2) is 12.1 Å². The molecule has 0 unspecified atom stereocenters. The van der Waals surface area contributed by atoms with Gasteiger partial charge in [0.15, 0.2) is 11.5 Å². The molecule has 2 rings (SSSR count). The van der Waals surface area contributed by atoms with Gasteiger partial charge in [-0.1, -0.05) is 25.4 Å². The molecular formula is C17H25ClN2O3. The van der Waals surface area contributed by atoms with E-state index >= 15 is 0 Å². The first-order valence-corrected chi connectivity index (χ1v) is 8.38. The largest absolute Gasteiger partial charge is 0.489 e. The molecule has 1 aliphatic rings. The van der Waals surface area contributed by atoms with Crippen molar-refractivity contribution in [1.82, 2.24) is 4.90 Å². The zero-order valence-electron chi connectivity index (χ0n) is 14.0. The molecule has 1 amide bonds. The third-order valence-electron chi connectivity index (χ3n) is 3.52. The number of carbonyl (C=O) groups is 1. The topological polar surface area (TPSA) is 64.8 Å². The quantitative estimate of drug-likeness (QED) is 0.895. The van der Waals surface area contributed by atoms with Gasteiger partial charge in [-0.15, -0.1) is 0 Å². The zero-order valence-corrected chi connectivity index (χ0v) is 14.7. The fourth-order valence-electron chi connectivity index (χ4n) is 2.56. The second-order valence-electron chi connectivity index (χ2n) is 6.36. The van der Waals surface area contributed by atoms with E-state index in [4.69, 9.17) is 26.8 Å². The smallest absolute Gasteiger partial charge is 0.239 e. The zero-order chi connectivity index (χ0) is 17.0. The molecule has 0 saturated heterocycles. The molecule has 1 atom stereocenters. The predicted octanol–water partition coefficient (Wildman–Crippen LogP) is 2.83. The van der Waals surface area contributed by atoms with E-state index < -0.39 is 6.04 Å². The molecule has 1 aromatic rings. The first-order valence-electron chi connectivity index (χ1n) is 8.01. The molecule has 1 aliphatic heterocycles. The van der Waals surface area contributed by atoms with Crippen LogP contribution in [0.25, 0.3) is 0 Å². The number of ether oxygens (including phenoxy) is 2. The Morgan fingerprint density at radius 1 is 1.30 bits per heavy atom. The van der Waals surface area contributed by atoms with Crippen molar-refractivity contribution in [2.24, 2.45) is 11.7 Å². The van der Waals surface area contributed by atoms with Crippen molar-refractivity contribution in [2.45, 2.75) is 39.8 Å². The van der Waals surface area contributed by atoms with Crippen LogP contribution in [0, 0.1) is 5.92 Å². The lowest BCUT2D eigenvalue weighted by Crippen LogP contribution is -2.43. The minimum atomic E-state index is -0.523. The van der Waals surface area contributed by atoms with Gasteiger partial charge < -0.3 is 20.1 Å². The number of hydrogen-bond donors (Lipinski definition) is 1. The van der Waals surface area contributed by atoms with Crippen LogP contribution in [-0.4, -0.2) is 36.6 Å². The molecular weight excluding hydrogens is 316 g/mol. The maximum Gasteiger partial charge on any atom is 0.239 e. The van der Waals surface area contributed by atoms with Gasteiger partial charge in [0.1, 0.15) is 0 Å². The first kappa shape index (κ1) is 17.9. The van der Waals surface area contributed by atoms with Crippen LogP contribution in [0.3, 0.4) is 0 Å². The summed E-state index contributed by atoms with van der Waals surface area (Å²) in [6.07, 6.45) is 0.822. The van der Waals surface area contributed by atoms with Gasteiger partial charge in [0.05, 0.1) is 24.3 Å². The van der Waals surface area contributed by atoms with Crippen molar-refractivity contribution in [3.8, 4) is 11.5 Å². The first-order chi connectivity index (χ1) is 10.9. The molecule has 6 heteroatoms. The van der Waals surface area contributed by atoms with Gasteiger partial charge in [-0.25, -0.2) is 0 Å². The average molecular weight is 341 g/mol. The van der Waals surface area contributed by atoms with E-state index in [9.17, 15) is 4.79 Å². The van der Waals surface area contributed by atoms with Gasteiger partial charge in [-0.2, -0.15) is 0 Å². The highest BCUT2D eigenvalue weighted by Crippen LogP contribution is 2.38. The number of nitrogens with two attached hydrogens (primary N) is 1. The summed E-state index contributed by atoms with van der Waals surface area (Å²) in [5, 5.41) is 0.511. The van der Waals surface area contributed by atoms with Gasteiger partial charge in [0.25, 0.3) is 0 Å². The molecule has 0 spiro atoms. The summed E-state index contributed by atoms with van der Waals surface area (Å²) in [6.45, 7) is 8.14. The van der Waals surface area contributed by atoms with E-state index in [1.165, 1.54) is 0 Å². The van der Waals surface area contributed by atoms with Crippen LogP contribution in [0.2, 0.25) is 5.02 Å². The maximum atomic E-state index is 12.3. The summed E-state index contributed by atoms with van der Waals surface area (Å²) in [4.78, 5) is 14.1. The summed E-state index contributed by atoms with van der Waals surface area (Å²) in [6, 6.07) is 3.20. The van der Waals surface area contributed by atoms with Crippen LogP contribution < -0.4 is 15.2 Å². The number of rotatable bonds is 5. The van der Waals surface area contributed by atoms with E-state index in [-0.39, 0.29) is 5.91 Å². The van der Waals surface area contributed by atoms with Crippen LogP contribution >= 0.6 is 11.6 Å². The number of halogens is 1. The third kappa shape index (κ3) is 4.75. The van der Waals surface area contributed by atoms with Crippen LogP contribution in [0.4, 0.5) is 0 Å². The van der Waals surface area contributed by atoms with E-state index in [1.807, 2.05) is 12.1 Å². The Morgan fingerprint density at radius 3 is 2.65 bits per heavy atom. The van der Waals surface area contributed by atoms with Gasteiger partial charge in [-0.3, -0.25) is 4.79 Å². The summed E-state index contributed by atoms with van der Waals surface area (Å²) in [5.74, 6) is 1.51. The Hall–Kier alpha value is -1.46. The molecule has 0 aliphatic carbocycles. The van der Waals surface area contributed by atoms with Crippen LogP contribution in [-0.2, 0) is 11.3 Å². The maximum absolute atomic E-state index is 12.3. The minimum absolute atomic E-state index is 0.0677. The Kier molecular flexibility index (Phi) is 6.13. The molecule has 128 valence electrons. The van der Waals surface area contributed by atoms with Gasteiger partial charge in [0, 0.05) is 19.5 Å². The Morgan fingerprint density at radius 2 is 2.00 bits per heavy atom. The number of hydrogen-bond acceptors (Lipinski definition) is 4. The third-order valence-corrected chi connectivity index (χ3v) is 3.80. The lowest BCUT2D eigenvalue weighted by molar-refractivity contribution is -0.133. The molecule has 0 fully saturated rings. The van der Waals surface area contributed by atoms with E-state index in [0.29, 0.717) is 48.7 Å². The second kappa shape index (κ2) is 7.88. The van der Waals surface area contributed by atoms with E-state index in [2.05, 4.69) is 13.8 Å².